The van der Waals surface area contributed by atoms with Gasteiger partial charge >= 0.3 is 0 Å². The van der Waals surface area contributed by atoms with Crippen molar-refractivity contribution in [1.82, 2.24) is 0 Å². The molecular weight excluding hydrogens is 347 g/mol. The molecule has 0 spiro atoms. The lowest BCUT2D eigenvalue weighted by Crippen LogP contribution is -2.24. The topological polar surface area (TPSA) is 0 Å². The molecule has 0 N–H and O–H groups in total. The second-order valence-electron chi connectivity index (χ2n) is 7.69. The molecule has 0 bridgehead atoms. The summed E-state index contributed by atoms with van der Waals surface area (Å²) in [4.78, 5) is -0.592. The average molecular weight is 377 g/mol. The minimum atomic E-state index is -0.592. The fraction of sp³-hybridized carbons (Fsp3) is 0.478. The minimum absolute atomic E-state index is 0.592. The molecule has 2 aromatic rings. The van der Waals surface area contributed by atoms with Crippen LogP contribution in [0, 0.1) is 62.3 Å². The van der Waals surface area contributed by atoms with Crippen LogP contribution in [0.3, 0.4) is 0 Å². The summed E-state index contributed by atoms with van der Waals surface area (Å²) in [5.74, 6) is 0. The Morgan fingerprint density at radius 3 is 1.04 bits per heavy atom. The zero-order chi connectivity index (χ0) is 19.4. The van der Waals surface area contributed by atoms with Crippen molar-refractivity contribution in [3.63, 3.8) is 0 Å². The van der Waals surface area contributed by atoms with Crippen molar-refractivity contribution in [3.05, 3.63) is 66.2 Å². The van der Waals surface area contributed by atoms with E-state index in [4.69, 9.17) is 23.2 Å². The Morgan fingerprint density at radius 1 is 0.480 bits per heavy atom. The van der Waals surface area contributed by atoms with Crippen molar-refractivity contribution >= 4 is 23.2 Å². The van der Waals surface area contributed by atoms with Gasteiger partial charge < -0.3 is 0 Å². The molecule has 2 heteroatoms. The first kappa shape index (κ1) is 20.3. The molecule has 0 aliphatic rings. The predicted octanol–water partition coefficient (Wildman–Crippen LogP) is 7.62. The average Bonchev–Trinajstić information content (AvgIpc) is 2.54. The fourth-order valence-electron chi connectivity index (χ4n) is 4.30. The molecule has 0 heterocycles. The molecule has 2 aromatic carbocycles. The molecule has 0 saturated carbocycles. The number of halogens is 2. The molecule has 136 valence electrons. The summed E-state index contributed by atoms with van der Waals surface area (Å²) in [5.41, 5.74) is 13.7. The summed E-state index contributed by atoms with van der Waals surface area (Å²) in [6.45, 7) is 21.6. The molecule has 1 atom stereocenters. The van der Waals surface area contributed by atoms with E-state index in [1.807, 2.05) is 0 Å². The number of benzene rings is 2. The lowest BCUT2D eigenvalue weighted by atomic mass is 9.77. The summed E-state index contributed by atoms with van der Waals surface area (Å²) in [5, 5.41) is 0.857. The highest BCUT2D eigenvalue weighted by molar-refractivity contribution is 6.32. The Morgan fingerprint density at radius 2 is 0.720 bits per heavy atom. The van der Waals surface area contributed by atoms with Gasteiger partial charge in [-0.3, -0.25) is 0 Å². The van der Waals surface area contributed by atoms with Crippen LogP contribution in [0.5, 0.6) is 0 Å². The third-order valence-corrected chi connectivity index (χ3v) is 7.42. The quantitative estimate of drug-likeness (QED) is 0.472. The maximum atomic E-state index is 7.36. The van der Waals surface area contributed by atoms with E-state index in [1.165, 1.54) is 50.1 Å². The Labute approximate surface area is 163 Å². The summed E-state index contributed by atoms with van der Waals surface area (Å²) in [7, 11) is 0. The van der Waals surface area contributed by atoms with Gasteiger partial charge in [-0.1, -0.05) is 11.6 Å². The van der Waals surface area contributed by atoms with Gasteiger partial charge in [0.05, 0.1) is 4.87 Å². The monoisotopic (exact) mass is 376 g/mol. The Balaban J connectivity index is 2.96. The summed E-state index contributed by atoms with van der Waals surface area (Å²) >= 11 is 13.9. The number of hydrogen-bond acceptors (Lipinski definition) is 0. The Kier molecular flexibility index (Phi) is 5.40. The van der Waals surface area contributed by atoms with E-state index in [2.05, 4.69) is 69.2 Å². The number of rotatable bonds is 2. The van der Waals surface area contributed by atoms with Crippen LogP contribution in [-0.4, -0.2) is 0 Å². The van der Waals surface area contributed by atoms with Crippen LogP contribution in [0.15, 0.2) is 0 Å². The smallest absolute Gasteiger partial charge is 0.0926 e. The van der Waals surface area contributed by atoms with Crippen molar-refractivity contribution < 1.29 is 0 Å². The van der Waals surface area contributed by atoms with Gasteiger partial charge in [0, 0.05) is 5.02 Å². The van der Waals surface area contributed by atoms with Crippen LogP contribution in [0.25, 0.3) is 0 Å². The summed E-state index contributed by atoms with van der Waals surface area (Å²) in [6, 6.07) is 0. The largest absolute Gasteiger partial charge is 0.109 e. The van der Waals surface area contributed by atoms with E-state index in [0.29, 0.717) is 0 Å². The maximum Gasteiger partial charge on any atom is 0.0926 e. The van der Waals surface area contributed by atoms with Crippen LogP contribution >= 0.6 is 23.2 Å². The van der Waals surface area contributed by atoms with E-state index in [1.54, 1.807) is 0 Å². The van der Waals surface area contributed by atoms with Crippen LogP contribution in [0.4, 0.5) is 0 Å². The molecule has 0 aliphatic carbocycles. The molecule has 0 amide bonds. The van der Waals surface area contributed by atoms with Crippen molar-refractivity contribution in [3.8, 4) is 0 Å². The minimum Gasteiger partial charge on any atom is -0.109 e. The molecule has 0 radical (unpaired) electrons. The van der Waals surface area contributed by atoms with Gasteiger partial charge in [0.15, 0.2) is 0 Å². The highest BCUT2D eigenvalue weighted by Gasteiger charge is 2.35. The first-order valence-corrected chi connectivity index (χ1v) is 9.63. The van der Waals surface area contributed by atoms with Crippen LogP contribution in [0.2, 0.25) is 5.02 Å². The third kappa shape index (κ3) is 2.92. The normalized spacial score (nSPS) is 13.9. The van der Waals surface area contributed by atoms with E-state index in [9.17, 15) is 0 Å². The van der Waals surface area contributed by atoms with Crippen LogP contribution in [-0.2, 0) is 4.87 Å². The first-order chi connectivity index (χ1) is 11.4. The van der Waals surface area contributed by atoms with E-state index in [0.717, 1.165) is 16.1 Å². The van der Waals surface area contributed by atoms with Gasteiger partial charge in [-0.25, -0.2) is 0 Å². The first-order valence-electron chi connectivity index (χ1n) is 8.88. The second kappa shape index (κ2) is 6.63. The molecule has 2 rings (SSSR count). The number of alkyl halides is 1. The predicted molar refractivity (Wildman–Crippen MR) is 113 cm³/mol. The highest BCUT2D eigenvalue weighted by atomic mass is 35.5. The van der Waals surface area contributed by atoms with Crippen molar-refractivity contribution in [2.24, 2.45) is 0 Å². The van der Waals surface area contributed by atoms with Crippen molar-refractivity contribution in [2.45, 2.75) is 74.1 Å². The zero-order valence-electron chi connectivity index (χ0n) is 17.3. The summed E-state index contributed by atoms with van der Waals surface area (Å²) < 4.78 is 0. The number of hydrogen-bond donors (Lipinski definition) is 0. The van der Waals surface area contributed by atoms with Crippen LogP contribution in [0.1, 0.15) is 68.1 Å². The molecule has 0 saturated heterocycles. The lowest BCUT2D eigenvalue weighted by molar-refractivity contribution is 0.778. The molecule has 1 unspecified atom stereocenters. The van der Waals surface area contributed by atoms with Gasteiger partial charge in [0.1, 0.15) is 0 Å². The standard InChI is InChI=1S/C23H30Cl2/c1-11-12(2)14(4)20(15(5)13(11)3)23(10,25)21-16(6)18(8)22(24)19(9)17(21)7/h1-10H3. The molecule has 0 nitrogen and oxygen atoms in total. The second-order valence-corrected chi connectivity index (χ2v) is 8.83. The van der Waals surface area contributed by atoms with Gasteiger partial charge in [0.25, 0.3) is 0 Å². The van der Waals surface area contributed by atoms with Gasteiger partial charge in [-0.15, -0.1) is 11.6 Å². The Bertz CT molecular complexity index is 741. The van der Waals surface area contributed by atoms with Crippen molar-refractivity contribution in [1.29, 1.82) is 0 Å². The lowest BCUT2D eigenvalue weighted by Gasteiger charge is -2.34. The van der Waals surface area contributed by atoms with E-state index in [-0.39, 0.29) is 0 Å². The Hall–Kier alpha value is -0.980. The molecule has 25 heavy (non-hydrogen) atoms. The molecule has 0 aliphatic heterocycles. The zero-order valence-corrected chi connectivity index (χ0v) is 18.8. The molecule has 0 fully saturated rings. The van der Waals surface area contributed by atoms with Gasteiger partial charge in [0.2, 0.25) is 0 Å². The molecule has 0 aromatic heterocycles. The SMILES string of the molecule is Cc1c(C)c(C)c(C(C)(Cl)c2c(C)c(C)c(Cl)c(C)c2C)c(C)c1C. The van der Waals surface area contributed by atoms with Gasteiger partial charge in [-0.05, 0) is 130 Å². The highest BCUT2D eigenvalue weighted by Crippen LogP contribution is 2.47. The fourth-order valence-corrected chi connectivity index (χ4v) is 5.15. The third-order valence-electron chi connectivity index (χ3n) is 6.47. The van der Waals surface area contributed by atoms with Gasteiger partial charge in [-0.2, -0.15) is 0 Å². The van der Waals surface area contributed by atoms with E-state index >= 15 is 0 Å². The van der Waals surface area contributed by atoms with E-state index < -0.39 is 4.87 Å². The summed E-state index contributed by atoms with van der Waals surface area (Å²) in [6.07, 6.45) is 0. The molecular formula is C23H30Cl2. The van der Waals surface area contributed by atoms with Crippen molar-refractivity contribution in [2.75, 3.05) is 0 Å². The maximum absolute atomic E-state index is 7.36. The van der Waals surface area contributed by atoms with Crippen LogP contribution < -0.4 is 0 Å².